The van der Waals surface area contributed by atoms with Crippen LogP contribution < -0.4 is 5.32 Å². The van der Waals surface area contributed by atoms with Crippen molar-refractivity contribution < 1.29 is 0 Å². The summed E-state index contributed by atoms with van der Waals surface area (Å²) in [5.41, 5.74) is 1.26. The second kappa shape index (κ2) is 5.27. The zero-order valence-electron chi connectivity index (χ0n) is 9.07. The molecule has 0 saturated heterocycles. The average Bonchev–Trinajstić information content (AvgIpc) is 2.78. The van der Waals surface area contributed by atoms with E-state index in [1.54, 1.807) is 6.20 Å². The van der Waals surface area contributed by atoms with Crippen LogP contribution in [0.25, 0.3) is 0 Å². The van der Waals surface area contributed by atoms with Gasteiger partial charge in [0, 0.05) is 22.9 Å². The summed E-state index contributed by atoms with van der Waals surface area (Å²) in [6.07, 6.45) is 3.60. The Bertz CT molecular complexity index is 439. The summed E-state index contributed by atoms with van der Waals surface area (Å²) >= 11 is 3.47. The van der Waals surface area contributed by atoms with E-state index in [-0.39, 0.29) is 0 Å². The van der Waals surface area contributed by atoms with E-state index in [0.29, 0.717) is 6.04 Å². The van der Waals surface area contributed by atoms with Gasteiger partial charge in [0.1, 0.15) is 5.82 Å². The van der Waals surface area contributed by atoms with Gasteiger partial charge >= 0.3 is 0 Å². The molecule has 0 fully saturated rings. The number of nitrogens with one attached hydrogen (secondary N) is 2. The second-order valence-electron chi connectivity index (χ2n) is 3.69. The maximum Gasteiger partial charge on any atom is 0.120 e. The van der Waals surface area contributed by atoms with Crippen LogP contribution in [0.4, 0.5) is 0 Å². The number of nitrogens with zero attached hydrogens (tertiary/aromatic N) is 1. The minimum atomic E-state index is 0.308. The summed E-state index contributed by atoms with van der Waals surface area (Å²) in [7, 11) is 0. The lowest BCUT2D eigenvalue weighted by Gasteiger charge is -2.13. The molecule has 84 valence electrons. The maximum absolute atomic E-state index is 4.17. The zero-order chi connectivity index (χ0) is 11.4. The van der Waals surface area contributed by atoms with Gasteiger partial charge < -0.3 is 10.3 Å². The van der Waals surface area contributed by atoms with Gasteiger partial charge in [-0.2, -0.15) is 0 Å². The van der Waals surface area contributed by atoms with Crippen molar-refractivity contribution in [1.29, 1.82) is 0 Å². The largest absolute Gasteiger partial charge is 0.348 e. The maximum atomic E-state index is 4.17. The van der Waals surface area contributed by atoms with Crippen LogP contribution >= 0.6 is 15.9 Å². The topological polar surface area (TPSA) is 40.7 Å². The first kappa shape index (κ1) is 11.4. The Hall–Kier alpha value is -1.13. The molecule has 1 heterocycles. The molecule has 1 aromatic heterocycles. The molecule has 0 bridgehead atoms. The van der Waals surface area contributed by atoms with E-state index < -0.39 is 0 Å². The lowest BCUT2D eigenvalue weighted by Crippen LogP contribution is -2.18. The zero-order valence-corrected chi connectivity index (χ0v) is 10.7. The van der Waals surface area contributed by atoms with Crippen LogP contribution in [0.5, 0.6) is 0 Å². The van der Waals surface area contributed by atoms with Crippen molar-refractivity contribution in [1.82, 2.24) is 15.3 Å². The molecule has 2 N–H and O–H groups in total. The highest BCUT2D eigenvalue weighted by Crippen LogP contribution is 2.17. The second-order valence-corrected chi connectivity index (χ2v) is 4.61. The molecule has 0 spiro atoms. The fraction of sp³-hybridized carbons (Fsp3) is 0.250. The molecule has 2 rings (SSSR count). The van der Waals surface area contributed by atoms with Gasteiger partial charge in [-0.25, -0.2) is 4.98 Å². The minimum Gasteiger partial charge on any atom is -0.348 e. The SMILES string of the molecule is C[C@H](NCc1ncc[nH]1)c1cccc(Br)c1. The molecule has 0 radical (unpaired) electrons. The third kappa shape index (κ3) is 2.93. The standard InChI is InChI=1S/C12H14BrN3/c1-9(10-3-2-4-11(13)7-10)16-8-12-14-5-6-15-12/h2-7,9,16H,8H2,1H3,(H,14,15)/t9-/m0/s1. The van der Waals surface area contributed by atoms with E-state index >= 15 is 0 Å². The number of hydrogen-bond acceptors (Lipinski definition) is 2. The molecule has 4 heteroatoms. The number of H-pyrrole nitrogens is 1. The third-order valence-corrected chi connectivity index (χ3v) is 2.97. The smallest absolute Gasteiger partial charge is 0.120 e. The monoisotopic (exact) mass is 279 g/mol. The number of imidazole rings is 1. The Morgan fingerprint density at radius 2 is 2.38 bits per heavy atom. The highest BCUT2D eigenvalue weighted by atomic mass is 79.9. The van der Waals surface area contributed by atoms with E-state index in [0.717, 1.165) is 16.8 Å². The average molecular weight is 280 g/mol. The Morgan fingerprint density at radius 1 is 1.50 bits per heavy atom. The summed E-state index contributed by atoms with van der Waals surface area (Å²) in [5.74, 6) is 0.960. The highest BCUT2D eigenvalue weighted by Gasteiger charge is 2.05. The van der Waals surface area contributed by atoms with Gasteiger partial charge in [0.05, 0.1) is 6.54 Å². The molecule has 0 saturated carbocycles. The Kier molecular flexibility index (Phi) is 3.74. The summed E-state index contributed by atoms with van der Waals surface area (Å²) < 4.78 is 1.11. The molecular formula is C12H14BrN3. The first-order valence-corrected chi connectivity index (χ1v) is 6.02. The number of rotatable bonds is 4. The molecule has 3 nitrogen and oxygen atoms in total. The minimum absolute atomic E-state index is 0.308. The van der Waals surface area contributed by atoms with Crippen molar-refractivity contribution in [2.45, 2.75) is 19.5 Å². The lowest BCUT2D eigenvalue weighted by atomic mass is 10.1. The van der Waals surface area contributed by atoms with Gasteiger partial charge in [-0.15, -0.1) is 0 Å². The molecule has 0 unspecified atom stereocenters. The number of benzene rings is 1. The Labute approximate surface area is 103 Å². The first-order chi connectivity index (χ1) is 7.75. The molecule has 1 aromatic carbocycles. The Morgan fingerprint density at radius 3 is 3.06 bits per heavy atom. The van der Waals surface area contributed by atoms with Gasteiger partial charge in [-0.05, 0) is 24.6 Å². The van der Waals surface area contributed by atoms with Gasteiger partial charge in [0.15, 0.2) is 0 Å². The molecule has 0 aliphatic rings. The lowest BCUT2D eigenvalue weighted by molar-refractivity contribution is 0.562. The van der Waals surface area contributed by atoms with Crippen LogP contribution in [0.3, 0.4) is 0 Å². The van der Waals surface area contributed by atoms with Crippen molar-refractivity contribution in [3.8, 4) is 0 Å². The van der Waals surface area contributed by atoms with Gasteiger partial charge in [-0.3, -0.25) is 0 Å². The molecule has 0 amide bonds. The summed E-state index contributed by atoms with van der Waals surface area (Å²) in [6, 6.07) is 8.63. The summed E-state index contributed by atoms with van der Waals surface area (Å²) in [4.78, 5) is 7.24. The van der Waals surface area contributed by atoms with Crippen LogP contribution in [0.2, 0.25) is 0 Å². The van der Waals surface area contributed by atoms with Crippen LogP contribution in [0.15, 0.2) is 41.1 Å². The fourth-order valence-corrected chi connectivity index (χ4v) is 1.96. The molecule has 16 heavy (non-hydrogen) atoms. The molecule has 0 aliphatic heterocycles. The van der Waals surface area contributed by atoms with E-state index in [9.17, 15) is 0 Å². The van der Waals surface area contributed by atoms with Crippen molar-refractivity contribution >= 4 is 15.9 Å². The van der Waals surface area contributed by atoms with E-state index in [4.69, 9.17) is 0 Å². The molecule has 1 atom stereocenters. The van der Waals surface area contributed by atoms with Crippen molar-refractivity contribution in [3.05, 3.63) is 52.5 Å². The molecule has 2 aromatic rings. The van der Waals surface area contributed by atoms with Crippen LogP contribution in [0, 0.1) is 0 Å². The van der Waals surface area contributed by atoms with E-state index in [1.165, 1.54) is 5.56 Å². The van der Waals surface area contributed by atoms with Crippen molar-refractivity contribution in [3.63, 3.8) is 0 Å². The van der Waals surface area contributed by atoms with Crippen LogP contribution in [-0.4, -0.2) is 9.97 Å². The van der Waals surface area contributed by atoms with Gasteiger partial charge in [-0.1, -0.05) is 28.1 Å². The van der Waals surface area contributed by atoms with E-state index in [1.807, 2.05) is 18.3 Å². The Balaban J connectivity index is 1.95. The van der Waals surface area contributed by atoms with E-state index in [2.05, 4.69) is 50.3 Å². The predicted octanol–water partition coefficient (Wildman–Crippen LogP) is 3.02. The summed E-state index contributed by atoms with van der Waals surface area (Å²) in [6.45, 7) is 2.89. The fourth-order valence-electron chi connectivity index (χ4n) is 1.54. The number of hydrogen-bond donors (Lipinski definition) is 2. The van der Waals surface area contributed by atoms with Crippen LogP contribution in [-0.2, 0) is 6.54 Å². The third-order valence-electron chi connectivity index (χ3n) is 2.48. The quantitative estimate of drug-likeness (QED) is 0.903. The van der Waals surface area contributed by atoms with Crippen LogP contribution in [0.1, 0.15) is 24.4 Å². The van der Waals surface area contributed by atoms with Gasteiger partial charge in [0.2, 0.25) is 0 Å². The predicted molar refractivity (Wildman–Crippen MR) is 68.0 cm³/mol. The first-order valence-electron chi connectivity index (χ1n) is 5.23. The van der Waals surface area contributed by atoms with Gasteiger partial charge in [0.25, 0.3) is 0 Å². The highest BCUT2D eigenvalue weighted by molar-refractivity contribution is 9.10. The van der Waals surface area contributed by atoms with Crippen molar-refractivity contribution in [2.24, 2.45) is 0 Å². The normalized spacial score (nSPS) is 12.6. The number of halogens is 1. The van der Waals surface area contributed by atoms with Crippen molar-refractivity contribution in [2.75, 3.05) is 0 Å². The molecular weight excluding hydrogens is 266 g/mol. The number of aromatic nitrogens is 2. The summed E-state index contributed by atoms with van der Waals surface area (Å²) in [5, 5.41) is 3.41. The molecule has 0 aliphatic carbocycles. The number of aromatic amines is 1.